The van der Waals surface area contributed by atoms with Crippen LogP contribution in [-0.4, -0.2) is 112 Å². The number of nitrogens with one attached hydrogen (secondary N) is 4. The second-order valence-corrected chi connectivity index (χ2v) is 11.0. The van der Waals surface area contributed by atoms with Crippen molar-refractivity contribution >= 4 is 47.4 Å². The predicted octanol–water partition coefficient (Wildman–Crippen LogP) is -3.25. The van der Waals surface area contributed by atoms with Gasteiger partial charge in [-0.15, -0.1) is 0 Å². The Labute approximate surface area is 270 Å². The van der Waals surface area contributed by atoms with Crippen molar-refractivity contribution < 1.29 is 43.8 Å². The van der Waals surface area contributed by atoms with E-state index in [-0.39, 0.29) is 31.8 Å². The molecule has 1 aliphatic heterocycles. The number of hydrogen-bond donors (Lipinski definition) is 9. The van der Waals surface area contributed by atoms with Gasteiger partial charge in [0.15, 0.2) is 5.96 Å². The molecule has 1 aromatic rings. The lowest BCUT2D eigenvalue weighted by molar-refractivity contribution is -0.143. The minimum absolute atomic E-state index is 0.0476. The first kappa shape index (κ1) is 37.9. The Balaban J connectivity index is 2.07. The molecular weight excluding hydrogens is 618 g/mol. The van der Waals surface area contributed by atoms with E-state index in [2.05, 4.69) is 26.3 Å². The van der Waals surface area contributed by atoms with E-state index in [1.165, 1.54) is 11.8 Å². The summed E-state index contributed by atoms with van der Waals surface area (Å²) in [6, 6.07) is 2.47. The maximum absolute atomic E-state index is 13.1. The van der Waals surface area contributed by atoms with Gasteiger partial charge in [-0.05, 0) is 38.2 Å². The number of rotatable bonds is 18. The van der Waals surface area contributed by atoms with E-state index in [1.54, 1.807) is 30.3 Å². The van der Waals surface area contributed by atoms with Crippen molar-refractivity contribution in [2.75, 3.05) is 19.6 Å². The fourth-order valence-corrected chi connectivity index (χ4v) is 4.85. The number of carbonyl (C=O) groups is 7. The number of carbonyl (C=O) groups excluding carboxylic acids is 5. The number of nitrogens with two attached hydrogens (primary N) is 3. The topological polar surface area (TPSA) is 302 Å². The summed E-state index contributed by atoms with van der Waals surface area (Å²) in [5.74, 6) is -6.78. The molecule has 1 saturated heterocycles. The molecule has 12 N–H and O–H groups in total. The van der Waals surface area contributed by atoms with Crippen LogP contribution in [0.5, 0.6) is 0 Å². The maximum atomic E-state index is 13.1. The molecular formula is C29H43N9O9. The number of amides is 5. The van der Waals surface area contributed by atoms with Gasteiger partial charge in [-0.25, -0.2) is 4.79 Å². The summed E-state index contributed by atoms with van der Waals surface area (Å²) in [6.07, 6.45) is 0.250. The van der Waals surface area contributed by atoms with E-state index in [0.717, 1.165) is 0 Å². The van der Waals surface area contributed by atoms with Crippen LogP contribution in [0.4, 0.5) is 0 Å². The lowest BCUT2D eigenvalue weighted by atomic mass is 10.1. The zero-order valence-corrected chi connectivity index (χ0v) is 26.0. The van der Waals surface area contributed by atoms with Crippen LogP contribution < -0.4 is 38.5 Å². The Morgan fingerprint density at radius 3 is 2.23 bits per heavy atom. The van der Waals surface area contributed by atoms with E-state index in [1.807, 2.05) is 0 Å². The number of likely N-dealkylation sites (tertiary alicyclic amines) is 1. The van der Waals surface area contributed by atoms with Gasteiger partial charge < -0.3 is 53.6 Å². The van der Waals surface area contributed by atoms with E-state index in [0.29, 0.717) is 24.9 Å². The van der Waals surface area contributed by atoms with Gasteiger partial charge in [0, 0.05) is 19.5 Å². The van der Waals surface area contributed by atoms with E-state index in [4.69, 9.17) is 17.2 Å². The molecule has 1 aromatic carbocycles. The van der Waals surface area contributed by atoms with Gasteiger partial charge in [-0.3, -0.25) is 33.8 Å². The molecule has 0 bridgehead atoms. The lowest BCUT2D eigenvalue weighted by Crippen LogP contribution is -2.56. The number of benzene rings is 1. The Bertz CT molecular complexity index is 1320. The van der Waals surface area contributed by atoms with Crippen molar-refractivity contribution in [2.24, 2.45) is 22.2 Å². The highest BCUT2D eigenvalue weighted by Gasteiger charge is 2.37. The fraction of sp³-hybridized carbons (Fsp3) is 0.517. The molecule has 1 aliphatic rings. The average Bonchev–Trinajstić information content (AvgIpc) is 3.50. The van der Waals surface area contributed by atoms with Crippen LogP contribution in [-0.2, 0) is 40.0 Å². The highest BCUT2D eigenvalue weighted by atomic mass is 16.4. The average molecular weight is 662 g/mol. The van der Waals surface area contributed by atoms with Gasteiger partial charge in [0.05, 0.1) is 19.0 Å². The number of guanidine groups is 1. The van der Waals surface area contributed by atoms with Crippen LogP contribution in [0.15, 0.2) is 35.3 Å². The monoisotopic (exact) mass is 661 g/mol. The van der Waals surface area contributed by atoms with Crippen molar-refractivity contribution in [1.29, 1.82) is 0 Å². The van der Waals surface area contributed by atoms with Gasteiger partial charge in [-0.1, -0.05) is 30.3 Å². The molecule has 18 heteroatoms. The molecule has 2 rings (SSSR count). The summed E-state index contributed by atoms with van der Waals surface area (Å²) in [4.78, 5) is 92.7. The minimum Gasteiger partial charge on any atom is -0.481 e. The maximum Gasteiger partial charge on any atom is 0.326 e. The van der Waals surface area contributed by atoms with Crippen molar-refractivity contribution in [3.63, 3.8) is 0 Å². The third-order valence-corrected chi connectivity index (χ3v) is 7.16. The molecule has 258 valence electrons. The Morgan fingerprint density at radius 2 is 1.64 bits per heavy atom. The normalized spacial score (nSPS) is 16.5. The fourth-order valence-electron chi connectivity index (χ4n) is 4.85. The molecule has 0 aliphatic carbocycles. The number of nitrogens with zero attached hydrogens (tertiary/aromatic N) is 2. The molecule has 0 aromatic heterocycles. The quantitative estimate of drug-likeness (QED) is 0.0426. The molecule has 1 fully saturated rings. The van der Waals surface area contributed by atoms with E-state index in [9.17, 15) is 43.8 Å². The van der Waals surface area contributed by atoms with Gasteiger partial charge in [0.2, 0.25) is 29.5 Å². The predicted molar refractivity (Wildman–Crippen MR) is 167 cm³/mol. The zero-order chi connectivity index (χ0) is 35.1. The molecule has 5 atom stereocenters. The summed E-state index contributed by atoms with van der Waals surface area (Å²) in [6.45, 7) is 1.24. The number of aliphatic imine (C=N–C) groups is 1. The van der Waals surface area contributed by atoms with Gasteiger partial charge in [0.25, 0.3) is 0 Å². The molecule has 0 spiro atoms. The molecule has 0 saturated carbocycles. The molecule has 0 radical (unpaired) electrons. The number of carboxylic acid groups (broad SMARTS) is 2. The smallest absolute Gasteiger partial charge is 0.326 e. The number of aliphatic carboxylic acids is 2. The zero-order valence-electron chi connectivity index (χ0n) is 26.0. The largest absolute Gasteiger partial charge is 0.481 e. The molecule has 1 heterocycles. The lowest BCUT2D eigenvalue weighted by Gasteiger charge is -2.27. The first-order chi connectivity index (χ1) is 22.2. The third kappa shape index (κ3) is 12.9. The standard InChI is InChI=1S/C29H43N9O9/c1-16(30)27(45)38-12-6-10-21(38)26(44)36-18(9-5-11-33-29(31)32)24(42)34-15-22(39)35-19(14-23(40)41)25(43)37-20(28(46)47)13-17-7-3-2-4-8-17/h2-4,7-8,16,18-21H,5-6,9-15,30H2,1H3,(H,34,42)(H,35,39)(H,36,44)(H,37,43)(H,40,41)(H,46,47)(H4,31,32,33). The summed E-state index contributed by atoms with van der Waals surface area (Å²) in [7, 11) is 0. The Morgan fingerprint density at radius 1 is 0.957 bits per heavy atom. The summed E-state index contributed by atoms with van der Waals surface area (Å²) in [5.41, 5.74) is 17.0. The summed E-state index contributed by atoms with van der Waals surface area (Å²) in [5, 5.41) is 28.3. The van der Waals surface area contributed by atoms with E-state index >= 15 is 0 Å². The molecule has 5 unspecified atom stereocenters. The van der Waals surface area contributed by atoms with Crippen LogP contribution in [0.25, 0.3) is 0 Å². The number of hydrogen-bond acceptors (Lipinski definition) is 9. The molecule has 47 heavy (non-hydrogen) atoms. The van der Waals surface area contributed by atoms with Crippen molar-refractivity contribution in [2.45, 2.75) is 75.7 Å². The van der Waals surface area contributed by atoms with Crippen molar-refractivity contribution in [3.8, 4) is 0 Å². The summed E-state index contributed by atoms with van der Waals surface area (Å²) < 4.78 is 0. The van der Waals surface area contributed by atoms with Crippen LogP contribution in [0, 0.1) is 0 Å². The summed E-state index contributed by atoms with van der Waals surface area (Å²) >= 11 is 0. The second-order valence-electron chi connectivity index (χ2n) is 11.0. The molecule has 18 nitrogen and oxygen atoms in total. The Hall–Kier alpha value is -5.26. The first-order valence-corrected chi connectivity index (χ1v) is 15.0. The Kier molecular flexibility index (Phi) is 15.0. The first-order valence-electron chi connectivity index (χ1n) is 15.0. The second kappa shape index (κ2) is 18.6. The van der Waals surface area contributed by atoms with Crippen LogP contribution in [0.1, 0.15) is 44.6 Å². The van der Waals surface area contributed by atoms with Crippen LogP contribution in [0.2, 0.25) is 0 Å². The highest BCUT2D eigenvalue weighted by molar-refractivity contribution is 5.96. The van der Waals surface area contributed by atoms with Gasteiger partial charge >= 0.3 is 11.9 Å². The SMILES string of the molecule is CC(N)C(=O)N1CCCC1C(=O)NC(CCCN=C(N)N)C(=O)NCC(=O)NC(CC(=O)O)C(=O)NC(Cc1ccccc1)C(=O)O. The van der Waals surface area contributed by atoms with Gasteiger partial charge in [0.1, 0.15) is 24.2 Å². The third-order valence-electron chi connectivity index (χ3n) is 7.16. The van der Waals surface area contributed by atoms with Crippen molar-refractivity contribution in [1.82, 2.24) is 26.2 Å². The molecule has 5 amide bonds. The number of carboxylic acids is 2. The van der Waals surface area contributed by atoms with Crippen LogP contribution in [0.3, 0.4) is 0 Å². The van der Waals surface area contributed by atoms with Crippen LogP contribution >= 0.6 is 0 Å². The minimum atomic E-state index is -1.67. The highest BCUT2D eigenvalue weighted by Crippen LogP contribution is 2.19. The van der Waals surface area contributed by atoms with Crippen molar-refractivity contribution in [3.05, 3.63) is 35.9 Å². The van der Waals surface area contributed by atoms with E-state index < -0.39 is 84.6 Å². The van der Waals surface area contributed by atoms with Gasteiger partial charge in [-0.2, -0.15) is 0 Å².